The summed E-state index contributed by atoms with van der Waals surface area (Å²) in [7, 11) is 0. The Balaban J connectivity index is 2.01. The maximum absolute atomic E-state index is 2.56. The van der Waals surface area contributed by atoms with E-state index in [1.165, 1.54) is 154 Å². The number of unbranched alkanes of at least 4 members (excludes halogenated alkanes) is 18. The molecule has 0 aromatic carbocycles. The van der Waals surface area contributed by atoms with Gasteiger partial charge in [-0.2, -0.15) is 0 Å². The first-order valence-corrected chi connectivity index (χ1v) is 14.9. The van der Waals surface area contributed by atoms with E-state index in [1.54, 1.807) is 5.82 Å². The number of imidazole rings is 1. The molecule has 0 amide bonds. The molecule has 0 saturated heterocycles. The van der Waals surface area contributed by atoms with Crippen LogP contribution in [0.2, 0.25) is 0 Å². The van der Waals surface area contributed by atoms with Crippen LogP contribution in [-0.2, 0) is 19.5 Å². The van der Waals surface area contributed by atoms with Crippen LogP contribution in [0.1, 0.15) is 161 Å². The smallest absolute Gasteiger partial charge is 0.234 e. The van der Waals surface area contributed by atoms with E-state index in [4.69, 9.17) is 0 Å². The SMILES string of the molecule is CCCCCCCCCCCCCCCCCCn1cc[n+](CCCCC)c1CCCC. The van der Waals surface area contributed by atoms with Gasteiger partial charge in [0.15, 0.2) is 0 Å². The second kappa shape index (κ2) is 22.0. The van der Waals surface area contributed by atoms with Gasteiger partial charge in [-0.25, -0.2) is 9.13 Å². The van der Waals surface area contributed by atoms with Crippen LogP contribution in [0.25, 0.3) is 0 Å². The first-order valence-electron chi connectivity index (χ1n) is 14.9. The maximum Gasteiger partial charge on any atom is 0.256 e. The lowest BCUT2D eigenvalue weighted by Crippen LogP contribution is -2.37. The van der Waals surface area contributed by atoms with Crippen molar-refractivity contribution in [1.82, 2.24) is 4.57 Å². The third kappa shape index (κ3) is 15.1. The minimum Gasteiger partial charge on any atom is -0.234 e. The highest BCUT2D eigenvalue weighted by molar-refractivity contribution is 4.84. The van der Waals surface area contributed by atoms with Gasteiger partial charge in [0.25, 0.3) is 5.82 Å². The molecule has 1 heterocycles. The summed E-state index contributed by atoms with van der Waals surface area (Å²) >= 11 is 0. The van der Waals surface area contributed by atoms with Crippen LogP contribution in [0.3, 0.4) is 0 Å². The molecule has 0 fully saturated rings. The second-order valence-corrected chi connectivity index (χ2v) is 10.2. The second-order valence-electron chi connectivity index (χ2n) is 10.2. The fourth-order valence-corrected chi connectivity index (χ4v) is 4.89. The molecule has 0 atom stereocenters. The zero-order chi connectivity index (χ0) is 23.1. The Morgan fingerprint density at radius 3 is 1.47 bits per heavy atom. The number of rotatable bonds is 24. The van der Waals surface area contributed by atoms with Crippen LogP contribution in [0, 0.1) is 0 Å². The molecule has 0 aliphatic carbocycles. The Kier molecular flexibility index (Phi) is 20.1. The molecule has 2 nitrogen and oxygen atoms in total. The van der Waals surface area contributed by atoms with E-state index >= 15 is 0 Å². The normalized spacial score (nSPS) is 11.5. The number of hydrogen-bond donors (Lipinski definition) is 0. The van der Waals surface area contributed by atoms with Gasteiger partial charge in [-0.15, -0.1) is 0 Å². The first-order chi connectivity index (χ1) is 15.8. The van der Waals surface area contributed by atoms with E-state index in [0.717, 1.165) is 0 Å². The molecule has 0 aliphatic heterocycles. The van der Waals surface area contributed by atoms with Crippen molar-refractivity contribution in [3.8, 4) is 0 Å². The molecule has 32 heavy (non-hydrogen) atoms. The third-order valence-electron chi connectivity index (χ3n) is 7.10. The van der Waals surface area contributed by atoms with Crippen LogP contribution in [0.15, 0.2) is 12.4 Å². The summed E-state index contributed by atoms with van der Waals surface area (Å²) in [6.45, 7) is 9.34. The lowest BCUT2D eigenvalue weighted by molar-refractivity contribution is -0.704. The minimum atomic E-state index is 1.21. The summed E-state index contributed by atoms with van der Waals surface area (Å²) in [5.74, 6) is 1.57. The summed E-state index contributed by atoms with van der Waals surface area (Å²) in [4.78, 5) is 0. The standard InChI is InChI=1S/C30H59N2/c1-4-7-10-11-12-13-14-15-16-17-18-19-20-21-22-24-27-32-29-28-31(26-23-8-5-2)30(32)25-9-6-3/h28-29H,4-27H2,1-3H3/q+1. The Morgan fingerprint density at radius 2 is 0.969 bits per heavy atom. The summed E-state index contributed by atoms with van der Waals surface area (Å²) in [5, 5.41) is 0. The highest BCUT2D eigenvalue weighted by atomic mass is 15.1. The molecule has 0 radical (unpaired) electrons. The van der Waals surface area contributed by atoms with Gasteiger partial charge >= 0.3 is 0 Å². The molecular weight excluding hydrogens is 388 g/mol. The molecule has 2 heteroatoms. The van der Waals surface area contributed by atoms with Crippen molar-refractivity contribution in [2.75, 3.05) is 0 Å². The van der Waals surface area contributed by atoms with Gasteiger partial charge in [0, 0.05) is 6.42 Å². The predicted molar refractivity (Wildman–Crippen MR) is 142 cm³/mol. The average molecular weight is 448 g/mol. The topological polar surface area (TPSA) is 8.81 Å². The lowest BCUT2D eigenvalue weighted by Gasteiger charge is -2.06. The zero-order valence-corrected chi connectivity index (χ0v) is 22.5. The first kappa shape index (κ1) is 29.2. The van der Waals surface area contributed by atoms with Crippen molar-refractivity contribution in [3.63, 3.8) is 0 Å². The van der Waals surface area contributed by atoms with Crippen molar-refractivity contribution >= 4 is 0 Å². The number of aryl methyl sites for hydroxylation is 2. The van der Waals surface area contributed by atoms with E-state index in [1.807, 2.05) is 0 Å². The molecule has 1 aromatic rings. The van der Waals surface area contributed by atoms with Crippen molar-refractivity contribution < 1.29 is 4.57 Å². The van der Waals surface area contributed by atoms with Crippen LogP contribution in [-0.4, -0.2) is 4.57 Å². The highest BCUT2D eigenvalue weighted by Gasteiger charge is 2.15. The third-order valence-corrected chi connectivity index (χ3v) is 7.10. The number of aromatic nitrogens is 2. The Hall–Kier alpha value is -0.790. The van der Waals surface area contributed by atoms with Gasteiger partial charge in [-0.05, 0) is 32.1 Å². The maximum atomic E-state index is 2.56. The molecule has 188 valence electrons. The van der Waals surface area contributed by atoms with Crippen LogP contribution in [0.4, 0.5) is 0 Å². The Morgan fingerprint density at radius 1 is 0.531 bits per heavy atom. The Bertz CT molecular complexity index is 505. The van der Waals surface area contributed by atoms with Crippen molar-refractivity contribution in [3.05, 3.63) is 18.2 Å². The monoisotopic (exact) mass is 447 g/mol. The van der Waals surface area contributed by atoms with E-state index < -0.39 is 0 Å². The molecule has 0 saturated carbocycles. The van der Waals surface area contributed by atoms with Gasteiger partial charge in [0.05, 0.1) is 13.1 Å². The predicted octanol–water partition coefficient (Wildman–Crippen LogP) is 9.57. The van der Waals surface area contributed by atoms with Crippen molar-refractivity contribution in [2.45, 2.75) is 175 Å². The van der Waals surface area contributed by atoms with Gasteiger partial charge in [-0.1, -0.05) is 124 Å². The van der Waals surface area contributed by atoms with Crippen LogP contribution in [0.5, 0.6) is 0 Å². The van der Waals surface area contributed by atoms with Crippen molar-refractivity contribution in [2.24, 2.45) is 0 Å². The molecule has 0 N–H and O–H groups in total. The highest BCUT2D eigenvalue weighted by Crippen LogP contribution is 2.14. The largest absolute Gasteiger partial charge is 0.256 e. The fraction of sp³-hybridized carbons (Fsp3) is 0.900. The molecular formula is C30H59N2+. The van der Waals surface area contributed by atoms with Gasteiger partial charge in [-0.3, -0.25) is 0 Å². The van der Waals surface area contributed by atoms with Gasteiger partial charge < -0.3 is 0 Å². The van der Waals surface area contributed by atoms with E-state index in [0.29, 0.717) is 0 Å². The lowest BCUT2D eigenvalue weighted by atomic mass is 10.0. The van der Waals surface area contributed by atoms with E-state index in [2.05, 4.69) is 42.3 Å². The van der Waals surface area contributed by atoms with Gasteiger partial charge in [0.1, 0.15) is 12.4 Å². The number of hydrogen-bond acceptors (Lipinski definition) is 0. The van der Waals surface area contributed by atoms with Crippen LogP contribution < -0.4 is 4.57 Å². The molecule has 0 aliphatic rings. The Labute approximate surface area is 202 Å². The summed E-state index contributed by atoms with van der Waals surface area (Å²) in [6, 6.07) is 0. The summed E-state index contributed by atoms with van der Waals surface area (Å²) in [5.41, 5.74) is 0. The summed E-state index contributed by atoms with van der Waals surface area (Å²) < 4.78 is 5.10. The molecule has 1 rings (SSSR count). The number of nitrogens with zero attached hydrogens (tertiary/aromatic N) is 2. The van der Waals surface area contributed by atoms with E-state index in [-0.39, 0.29) is 0 Å². The molecule has 1 aromatic heterocycles. The minimum absolute atomic E-state index is 1.21. The average Bonchev–Trinajstić information content (AvgIpc) is 3.19. The van der Waals surface area contributed by atoms with E-state index in [9.17, 15) is 0 Å². The quantitative estimate of drug-likeness (QED) is 0.110. The van der Waals surface area contributed by atoms with Crippen molar-refractivity contribution in [1.29, 1.82) is 0 Å². The van der Waals surface area contributed by atoms with Crippen LogP contribution >= 0.6 is 0 Å². The molecule has 0 spiro atoms. The molecule has 0 bridgehead atoms. The van der Waals surface area contributed by atoms with Gasteiger partial charge in [0.2, 0.25) is 0 Å². The summed E-state index contributed by atoms with van der Waals surface area (Å²) in [6.07, 6.45) is 35.7. The fourth-order valence-electron chi connectivity index (χ4n) is 4.89. The molecule has 0 unspecified atom stereocenters. The zero-order valence-electron chi connectivity index (χ0n) is 22.5.